The molecule has 1 saturated carbocycles. The minimum atomic E-state index is 0.114. The second-order valence-electron chi connectivity index (χ2n) is 8.68. The fourth-order valence-electron chi connectivity index (χ4n) is 4.04. The Kier molecular flexibility index (Phi) is 6.50. The van der Waals surface area contributed by atoms with Gasteiger partial charge in [-0.2, -0.15) is 0 Å². The van der Waals surface area contributed by atoms with Crippen molar-refractivity contribution >= 4 is 11.7 Å². The van der Waals surface area contributed by atoms with Crippen LogP contribution in [0.15, 0.2) is 36.7 Å². The number of benzene rings is 1. The molecule has 30 heavy (non-hydrogen) atoms. The first-order valence-corrected chi connectivity index (χ1v) is 11.0. The van der Waals surface area contributed by atoms with Gasteiger partial charge >= 0.3 is 0 Å². The number of Topliss-reactive ketones (excluding diaryl/α,β-unsaturated/α-hetero) is 1. The largest absolute Gasteiger partial charge is 0.490 e. The molecule has 2 fully saturated rings. The molecule has 1 saturated heterocycles. The summed E-state index contributed by atoms with van der Waals surface area (Å²) in [6.07, 6.45) is 9.04. The number of hydrogen-bond donors (Lipinski definition) is 0. The summed E-state index contributed by atoms with van der Waals surface area (Å²) in [7, 11) is 0. The van der Waals surface area contributed by atoms with Gasteiger partial charge < -0.3 is 19.2 Å². The molecule has 0 bridgehead atoms. The first-order valence-electron chi connectivity index (χ1n) is 11.0. The predicted molar refractivity (Wildman–Crippen MR) is 116 cm³/mol. The quantitative estimate of drug-likeness (QED) is 0.612. The fourth-order valence-corrected chi connectivity index (χ4v) is 4.04. The van der Waals surface area contributed by atoms with E-state index < -0.39 is 0 Å². The molecule has 1 aromatic heterocycles. The molecular weight excluding hydrogens is 378 g/mol. The maximum Gasteiger partial charge on any atom is 0.225 e. The lowest BCUT2D eigenvalue weighted by molar-refractivity contribution is -0.117. The first kappa shape index (κ1) is 20.6. The van der Waals surface area contributed by atoms with Gasteiger partial charge in [-0.3, -0.25) is 0 Å². The lowest BCUT2D eigenvalue weighted by Crippen LogP contribution is -2.26. The van der Waals surface area contributed by atoms with Crippen LogP contribution >= 0.6 is 0 Å². The van der Waals surface area contributed by atoms with E-state index in [1.807, 2.05) is 12.1 Å². The molecule has 1 aliphatic heterocycles. The van der Waals surface area contributed by atoms with Crippen molar-refractivity contribution in [1.82, 2.24) is 9.97 Å². The third-order valence-electron chi connectivity index (χ3n) is 6.10. The summed E-state index contributed by atoms with van der Waals surface area (Å²) in [6.45, 7) is 6.13. The third kappa shape index (κ3) is 5.29. The Morgan fingerprint density at radius 2 is 1.87 bits per heavy atom. The van der Waals surface area contributed by atoms with Gasteiger partial charge in [0.2, 0.25) is 5.95 Å². The van der Waals surface area contributed by atoms with Crippen LogP contribution in [0.2, 0.25) is 0 Å². The van der Waals surface area contributed by atoms with Crippen LogP contribution in [0.5, 0.6) is 11.5 Å². The minimum absolute atomic E-state index is 0.114. The van der Waals surface area contributed by atoms with Crippen molar-refractivity contribution in [3.05, 3.63) is 42.2 Å². The Bertz CT molecular complexity index is 834. The average Bonchev–Trinajstić information content (AvgIpc) is 3.16. The van der Waals surface area contributed by atoms with Crippen LogP contribution in [-0.2, 0) is 4.79 Å². The molecule has 0 radical (unpaired) electrons. The van der Waals surface area contributed by atoms with E-state index in [0.29, 0.717) is 12.3 Å². The average molecular weight is 410 g/mol. The van der Waals surface area contributed by atoms with Crippen LogP contribution in [0.25, 0.3) is 0 Å². The zero-order chi connectivity index (χ0) is 20.9. The van der Waals surface area contributed by atoms with Gasteiger partial charge in [-0.1, -0.05) is 25.5 Å². The second kappa shape index (κ2) is 9.45. The molecule has 0 N–H and O–H groups in total. The Hall–Kier alpha value is -2.63. The van der Waals surface area contributed by atoms with E-state index in [0.717, 1.165) is 43.6 Å². The maximum atomic E-state index is 11.3. The van der Waals surface area contributed by atoms with Gasteiger partial charge in [-0.25, -0.2) is 9.97 Å². The monoisotopic (exact) mass is 409 g/mol. The molecule has 4 rings (SSSR count). The summed E-state index contributed by atoms with van der Waals surface area (Å²) < 4.78 is 11.9. The highest BCUT2D eigenvalue weighted by atomic mass is 16.5. The third-order valence-corrected chi connectivity index (χ3v) is 6.10. The molecule has 6 nitrogen and oxygen atoms in total. The molecule has 2 atom stereocenters. The number of carbonyl (C=O) groups is 1. The van der Waals surface area contributed by atoms with E-state index in [2.05, 4.69) is 33.9 Å². The first-order chi connectivity index (χ1) is 14.6. The molecule has 1 aliphatic carbocycles. The standard InChI is InChI=1S/C24H31N3O3/c1-17(12-18(2)28)20-6-8-21(9-7-20)30-22-10-11-27(15-22)24-25-13-23(14-26-24)29-16-19-4-3-5-19/h6-9,13-14,17,19,22H,3-5,10-12,15-16H2,1-2H3/t17-,22-/m1/s1. The Morgan fingerprint density at radius 1 is 1.13 bits per heavy atom. The molecule has 2 aliphatic rings. The number of aromatic nitrogens is 2. The molecule has 1 aromatic carbocycles. The summed E-state index contributed by atoms with van der Waals surface area (Å²) in [5, 5.41) is 0. The predicted octanol–water partition coefficient (Wildman–Crippen LogP) is 4.40. The lowest BCUT2D eigenvalue weighted by atomic mass is 9.86. The van der Waals surface area contributed by atoms with Crippen molar-refractivity contribution in [2.75, 3.05) is 24.6 Å². The summed E-state index contributed by atoms with van der Waals surface area (Å²) in [5.74, 6) is 3.49. The van der Waals surface area contributed by atoms with Gasteiger partial charge in [0.15, 0.2) is 5.75 Å². The van der Waals surface area contributed by atoms with E-state index in [-0.39, 0.29) is 17.8 Å². The summed E-state index contributed by atoms with van der Waals surface area (Å²) in [6, 6.07) is 8.11. The summed E-state index contributed by atoms with van der Waals surface area (Å²) >= 11 is 0. The van der Waals surface area contributed by atoms with Gasteiger partial charge in [-0.05, 0) is 49.3 Å². The summed E-state index contributed by atoms with van der Waals surface area (Å²) in [5.41, 5.74) is 1.17. The van der Waals surface area contributed by atoms with Gasteiger partial charge in [0, 0.05) is 19.4 Å². The van der Waals surface area contributed by atoms with Crippen LogP contribution in [0.4, 0.5) is 5.95 Å². The Labute approximate surface area is 178 Å². The van der Waals surface area contributed by atoms with E-state index in [9.17, 15) is 4.79 Å². The highest BCUT2D eigenvalue weighted by Crippen LogP contribution is 2.28. The number of carbonyl (C=O) groups excluding carboxylic acids is 1. The van der Waals surface area contributed by atoms with Gasteiger partial charge in [0.25, 0.3) is 0 Å². The van der Waals surface area contributed by atoms with Crippen molar-refractivity contribution in [3.8, 4) is 11.5 Å². The number of anilines is 1. The number of rotatable bonds is 9. The van der Waals surface area contributed by atoms with E-state index in [1.165, 1.54) is 24.8 Å². The smallest absolute Gasteiger partial charge is 0.225 e. The zero-order valence-electron chi connectivity index (χ0n) is 17.9. The van der Waals surface area contributed by atoms with Gasteiger partial charge in [0.1, 0.15) is 17.6 Å². The SMILES string of the molecule is CC(=O)C[C@@H](C)c1ccc(O[C@@H]2CCN(c3ncc(OCC4CCC4)cn3)C2)cc1. The van der Waals surface area contributed by atoms with Crippen molar-refractivity contribution in [1.29, 1.82) is 0 Å². The van der Waals surface area contributed by atoms with E-state index >= 15 is 0 Å². The number of hydrogen-bond acceptors (Lipinski definition) is 6. The van der Waals surface area contributed by atoms with Gasteiger partial charge in [-0.15, -0.1) is 0 Å². The molecule has 6 heteroatoms. The molecule has 0 spiro atoms. The van der Waals surface area contributed by atoms with E-state index in [1.54, 1.807) is 19.3 Å². The highest BCUT2D eigenvalue weighted by Gasteiger charge is 2.26. The number of nitrogens with zero attached hydrogens (tertiary/aromatic N) is 3. The van der Waals surface area contributed by atoms with Gasteiger partial charge in [0.05, 0.1) is 25.5 Å². The normalized spacial score (nSPS) is 19.9. The Balaban J connectivity index is 1.26. The molecule has 0 amide bonds. The molecular formula is C24H31N3O3. The maximum absolute atomic E-state index is 11.3. The number of ether oxygens (including phenoxy) is 2. The lowest BCUT2D eigenvalue weighted by Gasteiger charge is -2.25. The second-order valence-corrected chi connectivity index (χ2v) is 8.68. The molecule has 0 unspecified atom stereocenters. The van der Waals surface area contributed by atoms with E-state index in [4.69, 9.17) is 9.47 Å². The van der Waals surface area contributed by atoms with Crippen molar-refractivity contribution in [2.24, 2.45) is 5.92 Å². The van der Waals surface area contributed by atoms with Crippen LogP contribution < -0.4 is 14.4 Å². The van der Waals surface area contributed by atoms with Crippen molar-refractivity contribution in [3.63, 3.8) is 0 Å². The van der Waals surface area contributed by atoms with Crippen LogP contribution in [0.3, 0.4) is 0 Å². The zero-order valence-corrected chi connectivity index (χ0v) is 17.9. The number of ketones is 1. The van der Waals surface area contributed by atoms with Crippen LogP contribution in [0.1, 0.15) is 57.4 Å². The molecule has 160 valence electrons. The van der Waals surface area contributed by atoms with Crippen molar-refractivity contribution in [2.45, 2.75) is 58.0 Å². The minimum Gasteiger partial charge on any atom is -0.490 e. The molecule has 2 heterocycles. The topological polar surface area (TPSA) is 64.5 Å². The Morgan fingerprint density at radius 3 is 2.50 bits per heavy atom. The van der Waals surface area contributed by atoms with Crippen LogP contribution in [-0.4, -0.2) is 41.6 Å². The molecule has 2 aromatic rings. The summed E-state index contributed by atoms with van der Waals surface area (Å²) in [4.78, 5) is 22.4. The van der Waals surface area contributed by atoms with Crippen molar-refractivity contribution < 1.29 is 14.3 Å². The fraction of sp³-hybridized carbons (Fsp3) is 0.542. The highest BCUT2D eigenvalue weighted by molar-refractivity contribution is 5.76. The van der Waals surface area contributed by atoms with Crippen LogP contribution in [0, 0.1) is 5.92 Å².